The van der Waals surface area contributed by atoms with Crippen LogP contribution in [0.4, 0.5) is 24.8 Å². The Balaban J connectivity index is 1.78. The SMILES string of the molecule is C=CC(=O)C[C@H]1COC[C@H]1Nc1cc2c(NCC(F)(F)F)nc(-c3c(Cl)c(OC)cc(OC)c3Cl)cc2cn1. The topological polar surface area (TPSA) is 94.6 Å². The number of hydrogen-bond donors (Lipinski definition) is 2. The Morgan fingerprint density at radius 1 is 1.18 bits per heavy atom. The van der Waals surface area contributed by atoms with Gasteiger partial charge in [-0.25, -0.2) is 9.97 Å². The van der Waals surface area contributed by atoms with E-state index in [4.69, 9.17) is 37.4 Å². The van der Waals surface area contributed by atoms with Gasteiger partial charge in [-0.05, 0) is 18.2 Å². The number of nitrogens with one attached hydrogen (secondary N) is 2. The summed E-state index contributed by atoms with van der Waals surface area (Å²) in [5.41, 5.74) is 0.417. The van der Waals surface area contributed by atoms with E-state index in [-0.39, 0.29) is 62.8 Å². The lowest BCUT2D eigenvalue weighted by molar-refractivity contribution is -0.116. The zero-order valence-electron chi connectivity index (χ0n) is 21.0. The summed E-state index contributed by atoms with van der Waals surface area (Å²) in [5.74, 6) is 0.619. The lowest BCUT2D eigenvalue weighted by Gasteiger charge is -2.20. The molecule has 208 valence electrons. The zero-order chi connectivity index (χ0) is 28.3. The highest BCUT2D eigenvalue weighted by atomic mass is 35.5. The highest BCUT2D eigenvalue weighted by Crippen LogP contribution is 2.46. The molecule has 8 nitrogen and oxygen atoms in total. The summed E-state index contributed by atoms with van der Waals surface area (Å²) < 4.78 is 55.7. The molecular formula is C26H25Cl2F3N4O4. The lowest BCUT2D eigenvalue weighted by Crippen LogP contribution is -2.29. The monoisotopic (exact) mass is 584 g/mol. The number of allylic oxidation sites excluding steroid dienone is 1. The molecule has 0 spiro atoms. The van der Waals surface area contributed by atoms with Crippen LogP contribution in [0.3, 0.4) is 0 Å². The van der Waals surface area contributed by atoms with Gasteiger partial charge in [-0.2, -0.15) is 13.2 Å². The molecule has 0 saturated carbocycles. The normalized spacial score (nSPS) is 17.2. The number of halogens is 5. The number of hydrogen-bond acceptors (Lipinski definition) is 8. The maximum atomic E-state index is 13.2. The van der Waals surface area contributed by atoms with Gasteiger partial charge in [-0.1, -0.05) is 29.8 Å². The average Bonchev–Trinajstić information content (AvgIpc) is 3.33. The zero-order valence-corrected chi connectivity index (χ0v) is 22.5. The van der Waals surface area contributed by atoms with Crippen molar-refractivity contribution in [1.82, 2.24) is 9.97 Å². The number of carbonyl (C=O) groups is 1. The molecule has 2 atom stereocenters. The van der Waals surface area contributed by atoms with Gasteiger partial charge >= 0.3 is 6.18 Å². The van der Waals surface area contributed by atoms with Crippen molar-refractivity contribution in [3.05, 3.63) is 47.1 Å². The van der Waals surface area contributed by atoms with E-state index in [1.807, 2.05) is 0 Å². The molecular weight excluding hydrogens is 560 g/mol. The van der Waals surface area contributed by atoms with Crippen molar-refractivity contribution in [3.8, 4) is 22.8 Å². The third-order valence-electron chi connectivity index (χ3n) is 6.22. The quantitative estimate of drug-likeness (QED) is 0.273. The Bertz CT molecular complexity index is 1380. The van der Waals surface area contributed by atoms with Gasteiger partial charge in [0.15, 0.2) is 5.78 Å². The number of alkyl halides is 3. The highest BCUT2D eigenvalue weighted by Gasteiger charge is 2.31. The molecule has 3 aromatic rings. The van der Waals surface area contributed by atoms with Crippen LogP contribution in [0.5, 0.6) is 11.5 Å². The number of fused-ring (bicyclic) bond motifs is 1. The van der Waals surface area contributed by atoms with E-state index >= 15 is 0 Å². The maximum Gasteiger partial charge on any atom is 0.405 e. The van der Waals surface area contributed by atoms with E-state index < -0.39 is 12.7 Å². The predicted octanol–water partition coefficient (Wildman–Crippen LogP) is 6.17. The summed E-state index contributed by atoms with van der Waals surface area (Å²) in [4.78, 5) is 20.7. The number of methoxy groups -OCH3 is 2. The van der Waals surface area contributed by atoms with Gasteiger partial charge in [0.25, 0.3) is 0 Å². The number of pyridine rings is 2. The molecule has 1 fully saturated rings. The summed E-state index contributed by atoms with van der Waals surface area (Å²) >= 11 is 13.1. The van der Waals surface area contributed by atoms with Crippen LogP contribution in [0.25, 0.3) is 22.0 Å². The Morgan fingerprint density at radius 3 is 2.49 bits per heavy atom. The van der Waals surface area contributed by atoms with Crippen molar-refractivity contribution in [2.45, 2.75) is 18.6 Å². The van der Waals surface area contributed by atoms with Gasteiger partial charge in [0.1, 0.15) is 29.7 Å². The number of anilines is 2. The minimum absolute atomic E-state index is 0.0553. The molecule has 2 N–H and O–H groups in total. The lowest BCUT2D eigenvalue weighted by atomic mass is 9.97. The van der Waals surface area contributed by atoms with E-state index in [9.17, 15) is 18.0 Å². The molecule has 0 unspecified atom stereocenters. The number of ether oxygens (including phenoxy) is 3. The number of benzene rings is 1. The van der Waals surface area contributed by atoms with Crippen molar-refractivity contribution in [2.24, 2.45) is 5.92 Å². The van der Waals surface area contributed by atoms with Gasteiger partial charge in [0.2, 0.25) is 0 Å². The van der Waals surface area contributed by atoms with E-state index in [1.54, 1.807) is 12.1 Å². The number of aromatic nitrogens is 2. The maximum absolute atomic E-state index is 13.2. The smallest absolute Gasteiger partial charge is 0.405 e. The molecule has 39 heavy (non-hydrogen) atoms. The van der Waals surface area contributed by atoms with E-state index in [2.05, 4.69) is 27.2 Å². The van der Waals surface area contributed by atoms with Crippen LogP contribution in [0, 0.1) is 5.92 Å². The molecule has 1 aliphatic heterocycles. The Hall–Kier alpha value is -3.28. The van der Waals surface area contributed by atoms with E-state index in [1.165, 1.54) is 32.6 Å². The Morgan fingerprint density at radius 2 is 1.87 bits per heavy atom. The Labute approximate surface area is 232 Å². The summed E-state index contributed by atoms with van der Waals surface area (Å²) in [6.07, 6.45) is -1.48. The van der Waals surface area contributed by atoms with Crippen molar-refractivity contribution < 1.29 is 32.2 Å². The number of rotatable bonds is 10. The molecule has 0 aliphatic carbocycles. The second-order valence-electron chi connectivity index (χ2n) is 8.82. The second kappa shape index (κ2) is 11.8. The van der Waals surface area contributed by atoms with E-state index in [0.717, 1.165) is 0 Å². The first-order valence-corrected chi connectivity index (χ1v) is 12.5. The van der Waals surface area contributed by atoms with Gasteiger partial charge in [-0.15, -0.1) is 0 Å². The van der Waals surface area contributed by atoms with Gasteiger partial charge < -0.3 is 24.8 Å². The van der Waals surface area contributed by atoms with Gasteiger partial charge in [0, 0.05) is 40.9 Å². The Kier molecular flexibility index (Phi) is 8.73. The molecule has 0 bridgehead atoms. The fraction of sp³-hybridized carbons (Fsp3) is 0.346. The first kappa shape index (κ1) is 28.7. The summed E-state index contributed by atoms with van der Waals surface area (Å²) in [7, 11) is 2.82. The van der Waals surface area contributed by atoms with Crippen LogP contribution >= 0.6 is 23.2 Å². The number of nitrogens with zero attached hydrogens (tertiary/aromatic N) is 2. The van der Waals surface area contributed by atoms with Crippen molar-refractivity contribution in [1.29, 1.82) is 0 Å². The van der Waals surface area contributed by atoms with Crippen molar-refractivity contribution in [3.63, 3.8) is 0 Å². The molecule has 4 rings (SSSR count). The van der Waals surface area contributed by atoms with Crippen LogP contribution in [-0.4, -0.2) is 61.9 Å². The summed E-state index contributed by atoms with van der Waals surface area (Å²) in [6, 6.07) is 4.48. The molecule has 1 saturated heterocycles. The largest absolute Gasteiger partial charge is 0.495 e. The van der Waals surface area contributed by atoms with Crippen LogP contribution in [0.1, 0.15) is 6.42 Å². The van der Waals surface area contributed by atoms with Gasteiger partial charge in [0.05, 0.1) is 49.2 Å². The first-order chi connectivity index (χ1) is 18.5. The minimum atomic E-state index is -4.50. The molecule has 13 heteroatoms. The van der Waals surface area contributed by atoms with Crippen LogP contribution in [-0.2, 0) is 9.53 Å². The average molecular weight is 585 g/mol. The molecule has 2 aromatic heterocycles. The third kappa shape index (κ3) is 6.48. The number of carbonyl (C=O) groups excluding carboxylic acids is 1. The molecule has 1 aromatic carbocycles. The van der Waals surface area contributed by atoms with Crippen molar-refractivity contribution >= 4 is 51.4 Å². The fourth-order valence-corrected chi connectivity index (χ4v) is 4.97. The molecule has 0 amide bonds. The minimum Gasteiger partial charge on any atom is -0.495 e. The number of ketones is 1. The highest BCUT2D eigenvalue weighted by molar-refractivity contribution is 6.41. The van der Waals surface area contributed by atoms with E-state index in [0.29, 0.717) is 29.8 Å². The standard InChI is InChI=1S/C26H25Cl2F3N4O4/c1-4-15(36)5-14-10-39-11-18(14)34-21-7-16-13(9-32-21)6-17(35-25(16)33-12-26(29,30)31)22-23(27)19(37-2)8-20(38-3)24(22)28/h4,6-9,14,18H,1,5,10-12H2,2-3H3,(H,32,34)(H,33,35)/t14-,18+/m0/s1. The first-order valence-electron chi connectivity index (χ1n) is 11.8. The second-order valence-corrected chi connectivity index (χ2v) is 9.58. The van der Waals surface area contributed by atoms with Crippen molar-refractivity contribution in [2.75, 3.05) is 44.6 Å². The molecule has 1 aliphatic rings. The third-order valence-corrected chi connectivity index (χ3v) is 6.97. The van der Waals surface area contributed by atoms with Crippen LogP contribution < -0.4 is 20.1 Å². The summed E-state index contributed by atoms with van der Waals surface area (Å²) in [6.45, 7) is 2.91. The molecule has 3 heterocycles. The van der Waals surface area contributed by atoms with Crippen LogP contribution in [0.15, 0.2) is 37.1 Å². The van der Waals surface area contributed by atoms with Gasteiger partial charge in [-0.3, -0.25) is 4.79 Å². The fourth-order valence-electron chi connectivity index (χ4n) is 4.27. The van der Waals surface area contributed by atoms with Crippen LogP contribution in [0.2, 0.25) is 10.0 Å². The molecule has 0 radical (unpaired) electrons. The summed E-state index contributed by atoms with van der Waals surface area (Å²) in [5, 5.41) is 6.69. The predicted molar refractivity (Wildman–Crippen MR) is 144 cm³/mol.